The molecule has 0 aliphatic carbocycles. The fraction of sp³-hybridized carbons (Fsp3) is 0.0625. The van der Waals surface area contributed by atoms with Gasteiger partial charge in [0.2, 0.25) is 0 Å². The molecule has 2 rings (SSSR count). The Balaban J connectivity index is 2.19. The average molecular weight is 270 g/mol. The molecule has 0 amide bonds. The summed E-state index contributed by atoms with van der Waals surface area (Å²) in [7, 11) is 0. The molecule has 0 radical (unpaired) electrons. The summed E-state index contributed by atoms with van der Waals surface area (Å²) in [5, 5.41) is 28.1. The predicted octanol–water partition coefficient (Wildman–Crippen LogP) is 3.01. The van der Waals surface area contributed by atoms with Crippen molar-refractivity contribution in [2.24, 2.45) is 0 Å². The molecule has 4 heteroatoms. The minimum atomic E-state index is -0.257. The van der Waals surface area contributed by atoms with Crippen molar-refractivity contribution in [1.82, 2.24) is 0 Å². The van der Waals surface area contributed by atoms with E-state index in [1.807, 2.05) is 0 Å². The SMILES string of the molecule is Cc1ccc(C(=O)/C=C/c2ccc(O)c(O)c2)cc1O. The molecule has 2 aromatic carbocycles. The summed E-state index contributed by atoms with van der Waals surface area (Å²) in [5.74, 6) is -0.635. The van der Waals surface area contributed by atoms with Gasteiger partial charge in [0.15, 0.2) is 17.3 Å². The van der Waals surface area contributed by atoms with Crippen molar-refractivity contribution in [2.75, 3.05) is 0 Å². The molecule has 0 aromatic heterocycles. The van der Waals surface area contributed by atoms with Gasteiger partial charge >= 0.3 is 0 Å². The molecule has 0 aliphatic rings. The maximum atomic E-state index is 11.9. The standard InChI is InChI=1S/C16H14O4/c1-10-2-5-12(9-15(10)19)13(17)6-3-11-4-7-14(18)16(20)8-11/h2-9,18-20H,1H3/b6-3+. The number of hydrogen-bond acceptors (Lipinski definition) is 4. The van der Waals surface area contributed by atoms with E-state index >= 15 is 0 Å². The van der Waals surface area contributed by atoms with Crippen LogP contribution >= 0.6 is 0 Å². The van der Waals surface area contributed by atoms with E-state index in [0.29, 0.717) is 16.7 Å². The molecule has 3 N–H and O–H groups in total. The van der Waals surface area contributed by atoms with Gasteiger partial charge in [-0.15, -0.1) is 0 Å². The van der Waals surface area contributed by atoms with Crippen LogP contribution in [0.25, 0.3) is 6.08 Å². The lowest BCUT2D eigenvalue weighted by molar-refractivity contribution is 0.104. The highest BCUT2D eigenvalue weighted by atomic mass is 16.3. The van der Waals surface area contributed by atoms with Gasteiger partial charge in [0, 0.05) is 5.56 Å². The molecule has 0 saturated carbocycles. The molecule has 0 unspecified atom stereocenters. The van der Waals surface area contributed by atoms with Crippen LogP contribution in [-0.4, -0.2) is 21.1 Å². The molecule has 0 fully saturated rings. The van der Waals surface area contributed by atoms with Crippen LogP contribution in [-0.2, 0) is 0 Å². The fourth-order valence-electron chi connectivity index (χ4n) is 1.67. The van der Waals surface area contributed by atoms with E-state index in [1.54, 1.807) is 25.1 Å². The summed E-state index contributed by atoms with van der Waals surface area (Å²) in [6, 6.07) is 8.99. The number of carbonyl (C=O) groups excluding carboxylic acids is 1. The highest BCUT2D eigenvalue weighted by Gasteiger charge is 2.05. The quantitative estimate of drug-likeness (QED) is 0.455. The summed E-state index contributed by atoms with van der Waals surface area (Å²) in [5.41, 5.74) is 1.67. The molecule has 20 heavy (non-hydrogen) atoms. The monoisotopic (exact) mass is 270 g/mol. The topological polar surface area (TPSA) is 77.8 Å². The van der Waals surface area contributed by atoms with Gasteiger partial charge in [0.1, 0.15) is 5.75 Å². The molecule has 0 spiro atoms. The number of ketones is 1. The van der Waals surface area contributed by atoms with Gasteiger partial charge in [0.25, 0.3) is 0 Å². The van der Waals surface area contributed by atoms with Crippen LogP contribution < -0.4 is 0 Å². The van der Waals surface area contributed by atoms with E-state index in [9.17, 15) is 20.1 Å². The molecule has 0 atom stereocenters. The van der Waals surface area contributed by atoms with Crippen LogP contribution in [0.1, 0.15) is 21.5 Å². The lowest BCUT2D eigenvalue weighted by atomic mass is 10.1. The van der Waals surface area contributed by atoms with E-state index in [4.69, 9.17) is 0 Å². The minimum Gasteiger partial charge on any atom is -0.508 e. The minimum absolute atomic E-state index is 0.0755. The maximum Gasteiger partial charge on any atom is 0.185 e. The van der Waals surface area contributed by atoms with E-state index < -0.39 is 0 Å². The Hall–Kier alpha value is -2.75. The molecular weight excluding hydrogens is 256 g/mol. The zero-order chi connectivity index (χ0) is 14.7. The number of hydrogen-bond donors (Lipinski definition) is 3. The third kappa shape index (κ3) is 2.98. The first-order valence-electron chi connectivity index (χ1n) is 6.01. The van der Waals surface area contributed by atoms with Crippen molar-refractivity contribution in [3.8, 4) is 17.2 Å². The Morgan fingerprint density at radius 2 is 1.70 bits per heavy atom. The van der Waals surface area contributed by atoms with E-state index in [1.165, 1.54) is 30.4 Å². The van der Waals surface area contributed by atoms with Crippen molar-refractivity contribution in [1.29, 1.82) is 0 Å². The fourth-order valence-corrected chi connectivity index (χ4v) is 1.67. The van der Waals surface area contributed by atoms with Crippen LogP contribution in [0.2, 0.25) is 0 Å². The number of benzene rings is 2. The zero-order valence-corrected chi connectivity index (χ0v) is 10.9. The Kier molecular flexibility index (Phi) is 3.75. The summed E-state index contributed by atoms with van der Waals surface area (Å²) in [6.07, 6.45) is 2.87. The van der Waals surface area contributed by atoms with E-state index in [0.717, 1.165) is 0 Å². The van der Waals surface area contributed by atoms with E-state index in [2.05, 4.69) is 0 Å². The van der Waals surface area contributed by atoms with Gasteiger partial charge in [-0.3, -0.25) is 4.79 Å². The highest BCUT2D eigenvalue weighted by molar-refractivity contribution is 6.07. The number of phenols is 3. The van der Waals surface area contributed by atoms with Gasteiger partial charge in [-0.2, -0.15) is 0 Å². The summed E-state index contributed by atoms with van der Waals surface area (Å²) in [6.45, 7) is 1.75. The summed E-state index contributed by atoms with van der Waals surface area (Å²) >= 11 is 0. The third-order valence-electron chi connectivity index (χ3n) is 2.92. The third-order valence-corrected chi connectivity index (χ3v) is 2.92. The van der Waals surface area contributed by atoms with Gasteiger partial charge < -0.3 is 15.3 Å². The first kappa shape index (κ1) is 13.7. The first-order valence-corrected chi connectivity index (χ1v) is 6.01. The molecule has 102 valence electrons. The molecule has 0 aliphatic heterocycles. The van der Waals surface area contributed by atoms with Crippen LogP contribution in [0.5, 0.6) is 17.2 Å². The lowest BCUT2D eigenvalue weighted by Gasteiger charge is -2.01. The van der Waals surface area contributed by atoms with E-state index in [-0.39, 0.29) is 23.0 Å². The number of rotatable bonds is 3. The highest BCUT2D eigenvalue weighted by Crippen LogP contribution is 2.25. The van der Waals surface area contributed by atoms with Gasteiger partial charge in [-0.05, 0) is 42.3 Å². The Morgan fingerprint density at radius 3 is 2.35 bits per heavy atom. The first-order chi connectivity index (χ1) is 9.47. The Morgan fingerprint density at radius 1 is 0.950 bits per heavy atom. The number of carbonyl (C=O) groups is 1. The molecule has 0 heterocycles. The number of aryl methyl sites for hydroxylation is 1. The second-order valence-electron chi connectivity index (χ2n) is 4.45. The molecule has 4 nitrogen and oxygen atoms in total. The summed E-state index contributed by atoms with van der Waals surface area (Å²) < 4.78 is 0. The normalized spacial score (nSPS) is 10.8. The van der Waals surface area contributed by atoms with Gasteiger partial charge in [-0.25, -0.2) is 0 Å². The maximum absolute atomic E-state index is 11.9. The van der Waals surface area contributed by atoms with Crippen LogP contribution in [0.4, 0.5) is 0 Å². The van der Waals surface area contributed by atoms with Crippen LogP contribution in [0.15, 0.2) is 42.5 Å². The average Bonchev–Trinajstić information content (AvgIpc) is 2.43. The van der Waals surface area contributed by atoms with Crippen LogP contribution in [0, 0.1) is 6.92 Å². The van der Waals surface area contributed by atoms with Crippen molar-refractivity contribution < 1.29 is 20.1 Å². The molecule has 0 bridgehead atoms. The zero-order valence-electron chi connectivity index (χ0n) is 10.9. The largest absolute Gasteiger partial charge is 0.508 e. The Bertz CT molecular complexity index is 687. The Labute approximate surface area is 116 Å². The van der Waals surface area contributed by atoms with Crippen molar-refractivity contribution >= 4 is 11.9 Å². The lowest BCUT2D eigenvalue weighted by Crippen LogP contribution is -1.94. The smallest absolute Gasteiger partial charge is 0.185 e. The van der Waals surface area contributed by atoms with Crippen LogP contribution in [0.3, 0.4) is 0 Å². The molecule has 2 aromatic rings. The number of allylic oxidation sites excluding steroid dienone is 1. The van der Waals surface area contributed by atoms with Crippen molar-refractivity contribution in [2.45, 2.75) is 6.92 Å². The number of aromatic hydroxyl groups is 3. The van der Waals surface area contributed by atoms with Crippen molar-refractivity contribution in [3.63, 3.8) is 0 Å². The molecule has 0 saturated heterocycles. The van der Waals surface area contributed by atoms with Gasteiger partial charge in [0.05, 0.1) is 0 Å². The molecular formula is C16H14O4. The van der Waals surface area contributed by atoms with Gasteiger partial charge in [-0.1, -0.05) is 24.3 Å². The predicted molar refractivity (Wildman–Crippen MR) is 76.0 cm³/mol. The summed E-state index contributed by atoms with van der Waals surface area (Å²) in [4.78, 5) is 11.9. The second kappa shape index (κ2) is 5.48. The van der Waals surface area contributed by atoms with Crippen molar-refractivity contribution in [3.05, 3.63) is 59.2 Å². The second-order valence-corrected chi connectivity index (χ2v) is 4.45. The number of phenolic OH excluding ortho intramolecular Hbond substituents is 3.